The van der Waals surface area contributed by atoms with Crippen LogP contribution in [0.1, 0.15) is 273 Å². The van der Waals surface area contributed by atoms with E-state index in [9.17, 15) is 43.2 Å². The summed E-state index contributed by atoms with van der Waals surface area (Å²) in [7, 11) is 0. The van der Waals surface area contributed by atoms with Crippen LogP contribution < -0.4 is 30.7 Å². The number of hydrogen-bond acceptors (Lipinski definition) is 9. The lowest BCUT2D eigenvalue weighted by Crippen LogP contribution is -2.49. The van der Waals surface area contributed by atoms with Crippen LogP contribution in [0.25, 0.3) is 0 Å². The SMILES string of the molecule is CCC(=O)NCCN1C(=O)C(C)(C)Cc2cc(Br)c(C(=O)N(C(C)C)C3CCCCC3)cc21.CCC(=O)NCCN1C(=O)C(C)(C)Cc2cc(C)c(C(=O)N(C(C)C)C3CCCCC3)cc21.CCC(=O)NCCN1C(=O)C(C)(C)Cc2ccc(C(=O)N(C(C)C)C3CCCCC3)cc21. The molecule has 9 amide bonds. The van der Waals surface area contributed by atoms with Crippen LogP contribution in [0.3, 0.4) is 0 Å². The highest BCUT2D eigenvalue weighted by Crippen LogP contribution is 2.43. The number of hydrogen-bond donors (Lipinski definition) is 3. The first-order chi connectivity index (χ1) is 46.3. The Labute approximate surface area is 594 Å². The number of nitrogens with one attached hydrogen (secondary N) is 3. The molecule has 3 saturated carbocycles. The predicted octanol–water partition coefficient (Wildman–Crippen LogP) is 14.0. The van der Waals surface area contributed by atoms with Crippen molar-refractivity contribution in [1.82, 2.24) is 30.7 Å². The minimum atomic E-state index is -0.543. The first-order valence-electron chi connectivity index (χ1n) is 37.1. The third-order valence-corrected chi connectivity index (χ3v) is 21.5. The molecule has 0 radical (unpaired) electrons. The first-order valence-corrected chi connectivity index (χ1v) is 37.9. The van der Waals surface area contributed by atoms with E-state index in [1.54, 1.807) is 14.7 Å². The Morgan fingerprint density at radius 3 is 1.12 bits per heavy atom. The molecule has 0 unspecified atom stereocenters. The highest BCUT2D eigenvalue weighted by atomic mass is 79.9. The van der Waals surface area contributed by atoms with Crippen molar-refractivity contribution >= 4 is 86.2 Å². The Hall–Kier alpha value is -6.63. The Kier molecular flexibility index (Phi) is 27.8. The van der Waals surface area contributed by atoms with Crippen molar-refractivity contribution in [3.63, 3.8) is 0 Å². The van der Waals surface area contributed by atoms with Crippen molar-refractivity contribution in [2.45, 2.75) is 282 Å². The molecular formula is C79H118BrN9O9. The number of amides is 9. The third-order valence-electron chi connectivity index (χ3n) is 20.8. The second-order valence-electron chi connectivity index (χ2n) is 31.1. The van der Waals surface area contributed by atoms with E-state index in [0.717, 1.165) is 95.2 Å². The summed E-state index contributed by atoms with van der Waals surface area (Å²) in [5, 5.41) is 8.61. The zero-order valence-electron chi connectivity index (χ0n) is 62.3. The standard InChI is InChI=1S/C27H41N3O3.C26H38BrN3O3.C26H39N3O3/c1-7-24(31)28-13-14-29-23-16-22(19(4)15-20(23)17-27(5,6)26(29)33)25(32)30(18(2)3)21-11-9-8-10-12-21;1-6-23(31)28-12-13-29-22-15-20(21(27)14-18(22)16-26(4,5)25(29)33)24(32)30(17(2)3)19-10-8-7-9-11-19;1-6-23(30)27-14-15-28-22-16-19(12-13-20(22)17-26(4,5)25(28)32)24(31)29(18(2)3)21-10-8-7-9-11-21/h15-16,18,21H,7-14,17H2,1-6H3,(H,28,31);14-15,17,19H,6-13,16H2,1-5H3,(H,28,31);12-13,16,18,21H,6-11,14-15,17H2,1-5H3,(H,27,30). The molecule has 9 rings (SSSR count). The molecule has 6 aliphatic rings. The second kappa shape index (κ2) is 34.6. The fourth-order valence-corrected chi connectivity index (χ4v) is 16.2. The number of carbonyl (C=O) groups is 9. The van der Waals surface area contributed by atoms with Crippen LogP contribution in [0.15, 0.2) is 46.9 Å². The highest BCUT2D eigenvalue weighted by Gasteiger charge is 2.44. The molecule has 3 aromatic rings. The Balaban J connectivity index is 0.000000207. The van der Waals surface area contributed by atoms with Gasteiger partial charge in [-0.1, -0.05) is 132 Å². The fraction of sp³-hybridized carbons (Fsp3) is 0.658. The van der Waals surface area contributed by atoms with Gasteiger partial charge in [0.2, 0.25) is 35.4 Å². The van der Waals surface area contributed by atoms with Gasteiger partial charge in [0.25, 0.3) is 17.7 Å². The first kappa shape index (κ1) is 78.7. The topological polar surface area (TPSA) is 209 Å². The lowest BCUT2D eigenvalue weighted by Gasteiger charge is -2.40. The maximum Gasteiger partial charge on any atom is 0.255 e. The number of fused-ring (bicyclic) bond motifs is 3. The maximum absolute atomic E-state index is 13.8. The van der Waals surface area contributed by atoms with Gasteiger partial charge in [-0.05, 0) is 175 Å². The summed E-state index contributed by atoms with van der Waals surface area (Å²) in [6, 6.07) is 14.9. The number of anilines is 3. The average molecular weight is 1420 g/mol. The van der Waals surface area contributed by atoms with E-state index in [1.165, 1.54) is 44.9 Å². The van der Waals surface area contributed by atoms with Crippen LogP contribution in [-0.4, -0.2) is 143 Å². The van der Waals surface area contributed by atoms with Gasteiger partial charge in [0.1, 0.15) is 0 Å². The zero-order valence-corrected chi connectivity index (χ0v) is 63.9. The van der Waals surface area contributed by atoms with E-state index in [1.807, 2.05) is 115 Å². The number of carbonyl (C=O) groups excluding carboxylic acids is 9. The molecule has 18 nitrogen and oxygen atoms in total. The van der Waals surface area contributed by atoms with Gasteiger partial charge in [0.15, 0.2) is 0 Å². The lowest BCUT2D eigenvalue weighted by molar-refractivity contribution is -0.127. The summed E-state index contributed by atoms with van der Waals surface area (Å²) in [5.41, 5.74) is 6.90. The fourth-order valence-electron chi connectivity index (χ4n) is 15.6. The van der Waals surface area contributed by atoms with Crippen LogP contribution >= 0.6 is 15.9 Å². The molecule has 3 aliphatic carbocycles. The van der Waals surface area contributed by atoms with Crippen molar-refractivity contribution in [1.29, 1.82) is 0 Å². The van der Waals surface area contributed by atoms with Crippen molar-refractivity contribution in [2.75, 3.05) is 54.0 Å². The minimum Gasteiger partial charge on any atom is -0.354 e. The van der Waals surface area contributed by atoms with Gasteiger partial charge in [-0.15, -0.1) is 0 Å². The Bertz CT molecular complexity index is 3210. The van der Waals surface area contributed by atoms with E-state index in [-0.39, 0.29) is 89.4 Å². The van der Waals surface area contributed by atoms with Gasteiger partial charge < -0.3 is 45.3 Å². The van der Waals surface area contributed by atoms with E-state index in [4.69, 9.17) is 0 Å². The van der Waals surface area contributed by atoms with Gasteiger partial charge in [-0.25, -0.2) is 0 Å². The van der Waals surface area contributed by atoms with Crippen molar-refractivity contribution in [3.8, 4) is 0 Å². The molecule has 3 heterocycles. The average Bonchev–Trinajstić information content (AvgIpc) is 0.767. The van der Waals surface area contributed by atoms with Crippen LogP contribution in [0, 0.1) is 23.2 Å². The van der Waals surface area contributed by atoms with Crippen LogP contribution in [0.4, 0.5) is 17.1 Å². The molecule has 0 atom stereocenters. The molecule has 3 aromatic carbocycles. The molecule has 3 fully saturated rings. The molecule has 3 aliphatic heterocycles. The van der Waals surface area contributed by atoms with Gasteiger partial charge in [0, 0.05) is 144 Å². The molecule has 540 valence electrons. The van der Waals surface area contributed by atoms with E-state index < -0.39 is 16.2 Å². The third kappa shape index (κ3) is 19.1. The number of nitrogens with zero attached hydrogens (tertiary/aromatic N) is 6. The molecule has 19 heteroatoms. The minimum absolute atomic E-state index is 0.0168. The number of aryl methyl sites for hydroxylation is 1. The van der Waals surface area contributed by atoms with E-state index in [2.05, 4.69) is 84.4 Å². The molecule has 0 aromatic heterocycles. The van der Waals surface area contributed by atoms with Crippen molar-refractivity contribution in [2.24, 2.45) is 16.2 Å². The van der Waals surface area contributed by atoms with Crippen LogP contribution in [-0.2, 0) is 48.0 Å². The smallest absolute Gasteiger partial charge is 0.255 e. The summed E-state index contributed by atoms with van der Waals surface area (Å²) >= 11 is 3.66. The predicted molar refractivity (Wildman–Crippen MR) is 396 cm³/mol. The summed E-state index contributed by atoms with van der Waals surface area (Å²) in [5.74, 6) is 0.129. The van der Waals surface area contributed by atoms with E-state index in [0.29, 0.717) is 94.5 Å². The van der Waals surface area contributed by atoms with Crippen molar-refractivity contribution < 1.29 is 43.2 Å². The number of benzene rings is 3. The van der Waals surface area contributed by atoms with Gasteiger partial charge in [-0.3, -0.25) is 43.2 Å². The Morgan fingerprint density at radius 1 is 0.449 bits per heavy atom. The molecule has 98 heavy (non-hydrogen) atoms. The maximum atomic E-state index is 13.8. The monoisotopic (exact) mass is 1420 g/mol. The van der Waals surface area contributed by atoms with E-state index >= 15 is 0 Å². The van der Waals surface area contributed by atoms with Crippen molar-refractivity contribution in [3.05, 3.63) is 85.9 Å². The largest absolute Gasteiger partial charge is 0.354 e. The molecular weight excluding hydrogens is 1300 g/mol. The molecule has 0 bridgehead atoms. The van der Waals surface area contributed by atoms with Gasteiger partial charge >= 0.3 is 0 Å². The summed E-state index contributed by atoms with van der Waals surface area (Å²) in [6.45, 7) is 34.0. The quantitative estimate of drug-likeness (QED) is 0.0925. The zero-order chi connectivity index (χ0) is 72.1. The van der Waals surface area contributed by atoms with Gasteiger partial charge in [-0.2, -0.15) is 0 Å². The molecule has 0 spiro atoms. The number of rotatable bonds is 21. The highest BCUT2D eigenvalue weighted by molar-refractivity contribution is 9.10. The number of halogens is 1. The summed E-state index contributed by atoms with van der Waals surface area (Å²) < 4.78 is 0.775. The summed E-state index contributed by atoms with van der Waals surface area (Å²) in [6.07, 6.45) is 20.2. The normalized spacial score (nSPS) is 18.3. The Morgan fingerprint density at radius 2 is 0.765 bits per heavy atom. The summed E-state index contributed by atoms with van der Waals surface area (Å²) in [4.78, 5) is 128. The van der Waals surface area contributed by atoms with Crippen LogP contribution in [0.2, 0.25) is 0 Å². The second-order valence-corrected chi connectivity index (χ2v) is 31.9. The molecule has 3 N–H and O–H groups in total. The lowest BCUT2D eigenvalue weighted by atomic mass is 9.79. The van der Waals surface area contributed by atoms with Crippen LogP contribution in [0.5, 0.6) is 0 Å². The van der Waals surface area contributed by atoms with Gasteiger partial charge in [0.05, 0.1) is 5.56 Å². The molecule has 0 saturated heterocycles.